The lowest BCUT2D eigenvalue weighted by Gasteiger charge is -2.16. The van der Waals surface area contributed by atoms with E-state index < -0.39 is 0 Å². The summed E-state index contributed by atoms with van der Waals surface area (Å²) in [5.41, 5.74) is 10.7. The van der Waals surface area contributed by atoms with Crippen LogP contribution < -0.4 is 21.7 Å². The summed E-state index contributed by atoms with van der Waals surface area (Å²) in [5, 5.41) is 10.6. The molecule has 0 saturated carbocycles. The van der Waals surface area contributed by atoms with Crippen LogP contribution in [0.5, 0.6) is 0 Å². The predicted molar refractivity (Wildman–Crippen MR) is 140 cm³/mol. The number of nitrogens with one attached hydrogen (secondary N) is 3. The number of nitrogens with two attached hydrogens (primary N) is 1. The number of nitrogens with zero attached hydrogens (tertiary/aromatic N) is 3. The molecule has 0 aliphatic heterocycles. The molecule has 0 bridgehead atoms. The van der Waals surface area contributed by atoms with Gasteiger partial charge in [0.25, 0.3) is 5.91 Å². The standard InChI is InChI=1S/C27H23N7O/c1-17-16-25(34-27(28)30-17)32-23-12-6-7-13-24(23)33-26(35)19-9-3-5-11-21(19)31-22-14-15-29-20-10-4-2-8-18(20)22/h2-16H,1H3,(H,29,31)(H,33,35)(H3,28,30,32,34). The molecule has 35 heavy (non-hydrogen) atoms. The summed E-state index contributed by atoms with van der Waals surface area (Å²) in [7, 11) is 0. The van der Waals surface area contributed by atoms with E-state index in [1.54, 1.807) is 18.3 Å². The summed E-state index contributed by atoms with van der Waals surface area (Å²) in [5.74, 6) is 0.472. The van der Waals surface area contributed by atoms with Crippen LogP contribution in [-0.4, -0.2) is 20.9 Å². The summed E-state index contributed by atoms with van der Waals surface area (Å²) in [6.45, 7) is 1.84. The molecule has 0 fully saturated rings. The van der Waals surface area contributed by atoms with Crippen LogP contribution in [0.25, 0.3) is 10.9 Å². The average molecular weight is 462 g/mol. The van der Waals surface area contributed by atoms with Crippen molar-refractivity contribution in [2.45, 2.75) is 6.92 Å². The lowest BCUT2D eigenvalue weighted by atomic mass is 10.1. The molecule has 2 aromatic heterocycles. The number of pyridine rings is 1. The fraction of sp³-hybridized carbons (Fsp3) is 0.0370. The zero-order valence-electron chi connectivity index (χ0n) is 19.0. The molecule has 0 aliphatic rings. The Morgan fingerprint density at radius 3 is 2.31 bits per heavy atom. The number of rotatable bonds is 6. The third kappa shape index (κ3) is 4.86. The highest BCUT2D eigenvalue weighted by molar-refractivity contribution is 6.10. The van der Waals surface area contributed by atoms with Gasteiger partial charge in [-0.15, -0.1) is 0 Å². The van der Waals surface area contributed by atoms with Gasteiger partial charge in [0.1, 0.15) is 5.82 Å². The van der Waals surface area contributed by atoms with Crippen LogP contribution in [0.1, 0.15) is 16.1 Å². The van der Waals surface area contributed by atoms with Gasteiger partial charge in [0.2, 0.25) is 5.95 Å². The molecule has 5 rings (SSSR count). The van der Waals surface area contributed by atoms with E-state index in [2.05, 4.69) is 30.9 Å². The van der Waals surface area contributed by atoms with Crippen LogP contribution in [0.15, 0.2) is 91.1 Å². The molecule has 5 aromatic rings. The highest BCUT2D eigenvalue weighted by Gasteiger charge is 2.14. The van der Waals surface area contributed by atoms with Crippen molar-refractivity contribution in [2.75, 3.05) is 21.7 Å². The predicted octanol–water partition coefficient (Wildman–Crippen LogP) is 5.65. The second kappa shape index (κ2) is 9.48. The first-order valence-electron chi connectivity index (χ1n) is 11.1. The number of anilines is 6. The number of nitrogen functional groups attached to an aromatic ring is 1. The zero-order valence-corrected chi connectivity index (χ0v) is 19.0. The summed E-state index contributed by atoms with van der Waals surface area (Å²) in [6, 6.07) is 26.3. The van der Waals surface area contributed by atoms with Gasteiger partial charge in [-0.3, -0.25) is 9.78 Å². The number of carbonyl (C=O) groups is 1. The maximum absolute atomic E-state index is 13.4. The minimum Gasteiger partial charge on any atom is -0.368 e. The van der Waals surface area contributed by atoms with Crippen molar-refractivity contribution in [2.24, 2.45) is 0 Å². The fourth-order valence-corrected chi connectivity index (χ4v) is 3.82. The van der Waals surface area contributed by atoms with Crippen molar-refractivity contribution >= 4 is 51.3 Å². The molecule has 1 amide bonds. The van der Waals surface area contributed by atoms with E-state index in [-0.39, 0.29) is 11.9 Å². The third-order valence-electron chi connectivity index (χ3n) is 5.40. The fourth-order valence-electron chi connectivity index (χ4n) is 3.82. The van der Waals surface area contributed by atoms with Crippen LogP contribution >= 0.6 is 0 Å². The average Bonchev–Trinajstić information content (AvgIpc) is 2.85. The number of fused-ring (bicyclic) bond motifs is 1. The van der Waals surface area contributed by atoms with Crippen LogP contribution in [-0.2, 0) is 0 Å². The Labute approximate surface area is 202 Å². The summed E-state index contributed by atoms with van der Waals surface area (Å²) >= 11 is 0. The molecule has 0 unspecified atom stereocenters. The molecule has 0 atom stereocenters. The molecule has 5 N–H and O–H groups in total. The topological polar surface area (TPSA) is 118 Å². The Balaban J connectivity index is 1.42. The molecule has 172 valence electrons. The van der Waals surface area contributed by atoms with E-state index in [1.807, 2.05) is 79.7 Å². The molecule has 8 heteroatoms. The van der Waals surface area contributed by atoms with Gasteiger partial charge >= 0.3 is 0 Å². The monoisotopic (exact) mass is 461 g/mol. The Morgan fingerprint density at radius 2 is 1.49 bits per heavy atom. The molecular formula is C27H23N7O. The van der Waals surface area contributed by atoms with Crippen molar-refractivity contribution in [1.29, 1.82) is 0 Å². The van der Waals surface area contributed by atoms with E-state index in [1.165, 1.54) is 0 Å². The minimum absolute atomic E-state index is 0.178. The second-order valence-electron chi connectivity index (χ2n) is 7.92. The number of benzene rings is 3. The first-order chi connectivity index (χ1) is 17.1. The number of hydrogen-bond donors (Lipinski definition) is 4. The van der Waals surface area contributed by atoms with Crippen molar-refractivity contribution < 1.29 is 4.79 Å². The van der Waals surface area contributed by atoms with E-state index in [0.717, 1.165) is 22.3 Å². The molecule has 0 saturated heterocycles. The minimum atomic E-state index is -0.251. The number of amides is 1. The van der Waals surface area contributed by atoms with Crippen molar-refractivity contribution in [3.8, 4) is 0 Å². The smallest absolute Gasteiger partial charge is 0.257 e. The Bertz CT molecular complexity index is 1510. The highest BCUT2D eigenvalue weighted by atomic mass is 16.1. The summed E-state index contributed by atoms with van der Waals surface area (Å²) < 4.78 is 0. The van der Waals surface area contributed by atoms with Crippen molar-refractivity contribution in [3.05, 3.63) is 102 Å². The van der Waals surface area contributed by atoms with Gasteiger partial charge in [0.15, 0.2) is 0 Å². The van der Waals surface area contributed by atoms with Gasteiger partial charge in [-0.05, 0) is 43.3 Å². The Kier molecular flexibility index (Phi) is 5.92. The van der Waals surface area contributed by atoms with Crippen LogP contribution in [0.3, 0.4) is 0 Å². The van der Waals surface area contributed by atoms with Crippen LogP contribution in [0, 0.1) is 6.92 Å². The lowest BCUT2D eigenvalue weighted by Crippen LogP contribution is -2.15. The number of aromatic nitrogens is 3. The lowest BCUT2D eigenvalue weighted by molar-refractivity contribution is 0.102. The molecule has 0 spiro atoms. The number of para-hydroxylation sites is 4. The van der Waals surface area contributed by atoms with Crippen molar-refractivity contribution in [3.63, 3.8) is 0 Å². The van der Waals surface area contributed by atoms with E-state index in [4.69, 9.17) is 5.73 Å². The normalized spacial score (nSPS) is 10.7. The van der Waals surface area contributed by atoms with Crippen LogP contribution in [0.2, 0.25) is 0 Å². The Hall–Kier alpha value is -4.98. The second-order valence-corrected chi connectivity index (χ2v) is 7.92. The summed E-state index contributed by atoms with van der Waals surface area (Å²) in [4.78, 5) is 26.1. The maximum Gasteiger partial charge on any atom is 0.257 e. The molecular weight excluding hydrogens is 438 g/mol. The van der Waals surface area contributed by atoms with E-state index >= 15 is 0 Å². The quantitative estimate of drug-likeness (QED) is 0.258. The summed E-state index contributed by atoms with van der Waals surface area (Å²) in [6.07, 6.45) is 1.75. The van der Waals surface area contributed by atoms with E-state index in [0.29, 0.717) is 28.4 Å². The number of carbonyl (C=O) groups excluding carboxylic acids is 1. The van der Waals surface area contributed by atoms with Gasteiger partial charge in [-0.25, -0.2) is 4.98 Å². The first-order valence-corrected chi connectivity index (χ1v) is 11.1. The number of aryl methyl sites for hydroxylation is 1. The van der Waals surface area contributed by atoms with Gasteiger partial charge in [0.05, 0.1) is 28.1 Å². The van der Waals surface area contributed by atoms with Gasteiger partial charge in [-0.2, -0.15) is 4.98 Å². The Morgan fingerprint density at radius 1 is 0.771 bits per heavy atom. The highest BCUT2D eigenvalue weighted by Crippen LogP contribution is 2.29. The van der Waals surface area contributed by atoms with Gasteiger partial charge in [0, 0.05) is 29.0 Å². The maximum atomic E-state index is 13.4. The zero-order chi connectivity index (χ0) is 24.2. The van der Waals surface area contributed by atoms with Gasteiger partial charge in [-0.1, -0.05) is 42.5 Å². The molecule has 2 heterocycles. The third-order valence-corrected chi connectivity index (χ3v) is 5.40. The molecule has 8 nitrogen and oxygen atoms in total. The molecule has 0 radical (unpaired) electrons. The molecule has 3 aromatic carbocycles. The number of hydrogen-bond acceptors (Lipinski definition) is 7. The molecule has 0 aliphatic carbocycles. The van der Waals surface area contributed by atoms with Crippen LogP contribution in [0.4, 0.5) is 34.5 Å². The van der Waals surface area contributed by atoms with Crippen molar-refractivity contribution in [1.82, 2.24) is 15.0 Å². The SMILES string of the molecule is Cc1cc(Nc2ccccc2NC(=O)c2ccccc2Nc2ccnc3ccccc23)nc(N)n1. The first kappa shape index (κ1) is 21.8. The largest absolute Gasteiger partial charge is 0.368 e. The van der Waals surface area contributed by atoms with E-state index in [9.17, 15) is 4.79 Å². The van der Waals surface area contributed by atoms with Gasteiger partial charge < -0.3 is 21.7 Å².